The van der Waals surface area contributed by atoms with E-state index in [2.05, 4.69) is 42.9 Å². The molecule has 18 heavy (non-hydrogen) atoms. The summed E-state index contributed by atoms with van der Waals surface area (Å²) in [5, 5.41) is 11.8. The van der Waals surface area contributed by atoms with Crippen molar-refractivity contribution in [3.05, 3.63) is 29.6 Å². The minimum atomic E-state index is 0.0494. The zero-order valence-corrected chi connectivity index (χ0v) is 11.5. The zero-order valence-electron chi connectivity index (χ0n) is 11.5. The van der Waals surface area contributed by atoms with Crippen LogP contribution in [0.2, 0.25) is 0 Å². The van der Waals surface area contributed by atoms with Gasteiger partial charge in [0.15, 0.2) is 5.84 Å². The number of amidine groups is 1. The fraction of sp³-hybridized carbons (Fsp3) is 0.538. The summed E-state index contributed by atoms with van der Waals surface area (Å²) in [6.07, 6.45) is 2.69. The topological polar surface area (TPSA) is 74.7 Å². The van der Waals surface area contributed by atoms with Crippen molar-refractivity contribution in [1.82, 2.24) is 9.88 Å². The van der Waals surface area contributed by atoms with Gasteiger partial charge in [0.25, 0.3) is 0 Å². The Morgan fingerprint density at radius 1 is 1.56 bits per heavy atom. The molecule has 5 nitrogen and oxygen atoms in total. The second-order valence-corrected chi connectivity index (χ2v) is 5.02. The summed E-state index contributed by atoms with van der Waals surface area (Å²) in [5.74, 6) is 0.0494. The van der Waals surface area contributed by atoms with Crippen molar-refractivity contribution >= 4 is 5.84 Å². The van der Waals surface area contributed by atoms with Gasteiger partial charge in [0.1, 0.15) is 5.69 Å². The van der Waals surface area contributed by atoms with Gasteiger partial charge in [-0.05, 0) is 38.9 Å². The molecule has 0 fully saturated rings. The largest absolute Gasteiger partial charge is 0.409 e. The molecular formula is C13H22N4O. The van der Waals surface area contributed by atoms with E-state index in [4.69, 9.17) is 10.9 Å². The number of pyridine rings is 1. The predicted octanol–water partition coefficient (Wildman–Crippen LogP) is 1.80. The summed E-state index contributed by atoms with van der Waals surface area (Å²) in [5.41, 5.74) is 7.22. The van der Waals surface area contributed by atoms with Gasteiger partial charge in [0, 0.05) is 18.3 Å². The smallest absolute Gasteiger partial charge is 0.189 e. The van der Waals surface area contributed by atoms with Crippen molar-refractivity contribution in [3.8, 4) is 0 Å². The number of hydrogen-bond acceptors (Lipinski definition) is 4. The highest BCUT2D eigenvalue weighted by Crippen LogP contribution is 2.20. The monoisotopic (exact) mass is 250 g/mol. The third kappa shape index (κ3) is 3.20. The first-order valence-electron chi connectivity index (χ1n) is 6.05. The predicted molar refractivity (Wildman–Crippen MR) is 72.6 cm³/mol. The second-order valence-electron chi connectivity index (χ2n) is 5.02. The molecule has 1 heterocycles. The molecule has 3 N–H and O–H groups in total. The van der Waals surface area contributed by atoms with Crippen LogP contribution in [-0.4, -0.2) is 33.5 Å². The van der Waals surface area contributed by atoms with Crippen LogP contribution in [0.5, 0.6) is 0 Å². The Bertz CT molecular complexity index is 429. The van der Waals surface area contributed by atoms with E-state index in [-0.39, 0.29) is 11.4 Å². The average molecular weight is 250 g/mol. The van der Waals surface area contributed by atoms with Crippen LogP contribution in [0.3, 0.4) is 0 Å². The quantitative estimate of drug-likeness (QED) is 0.361. The van der Waals surface area contributed by atoms with Crippen LogP contribution in [0.25, 0.3) is 0 Å². The first kappa shape index (κ1) is 14.4. The number of aromatic nitrogens is 1. The van der Waals surface area contributed by atoms with Crippen LogP contribution in [0.15, 0.2) is 23.5 Å². The van der Waals surface area contributed by atoms with Gasteiger partial charge in [0.05, 0.1) is 0 Å². The lowest BCUT2D eigenvalue weighted by Crippen LogP contribution is -2.40. The van der Waals surface area contributed by atoms with E-state index in [0.717, 1.165) is 12.0 Å². The molecule has 0 radical (unpaired) electrons. The molecule has 0 amide bonds. The van der Waals surface area contributed by atoms with Gasteiger partial charge >= 0.3 is 0 Å². The Morgan fingerprint density at radius 2 is 2.22 bits per heavy atom. The highest BCUT2D eigenvalue weighted by molar-refractivity contribution is 5.96. The van der Waals surface area contributed by atoms with Crippen LogP contribution in [0.4, 0.5) is 0 Å². The van der Waals surface area contributed by atoms with Crippen LogP contribution in [-0.2, 0) is 6.54 Å². The van der Waals surface area contributed by atoms with E-state index in [1.165, 1.54) is 0 Å². The molecule has 0 bridgehead atoms. The lowest BCUT2D eigenvalue weighted by Gasteiger charge is -2.35. The fourth-order valence-corrected chi connectivity index (χ4v) is 1.58. The molecule has 0 aromatic carbocycles. The van der Waals surface area contributed by atoms with Crippen molar-refractivity contribution in [2.75, 3.05) is 7.05 Å². The van der Waals surface area contributed by atoms with Gasteiger partial charge in [0.2, 0.25) is 0 Å². The maximum atomic E-state index is 8.76. The minimum Gasteiger partial charge on any atom is -0.409 e. The SMILES string of the molecule is CCC(C)(C)N(C)Cc1cccnc1C(N)=NO. The van der Waals surface area contributed by atoms with Crippen LogP contribution < -0.4 is 5.73 Å². The van der Waals surface area contributed by atoms with E-state index >= 15 is 0 Å². The van der Waals surface area contributed by atoms with Gasteiger partial charge in [-0.3, -0.25) is 9.88 Å². The molecule has 1 rings (SSSR count). The molecule has 0 spiro atoms. The maximum Gasteiger partial charge on any atom is 0.189 e. The molecule has 5 heteroatoms. The second kappa shape index (κ2) is 5.82. The molecule has 0 aliphatic heterocycles. The maximum absolute atomic E-state index is 8.76. The van der Waals surface area contributed by atoms with Crippen LogP contribution in [0.1, 0.15) is 38.4 Å². The van der Waals surface area contributed by atoms with E-state index in [1.54, 1.807) is 6.20 Å². The first-order chi connectivity index (χ1) is 8.42. The van der Waals surface area contributed by atoms with Crippen LogP contribution >= 0.6 is 0 Å². The molecular weight excluding hydrogens is 228 g/mol. The third-order valence-corrected chi connectivity index (χ3v) is 3.55. The van der Waals surface area contributed by atoms with Crippen molar-refractivity contribution in [2.45, 2.75) is 39.3 Å². The van der Waals surface area contributed by atoms with Gasteiger partial charge < -0.3 is 10.9 Å². The van der Waals surface area contributed by atoms with E-state index in [1.807, 2.05) is 12.1 Å². The molecule has 100 valence electrons. The molecule has 0 saturated carbocycles. The van der Waals surface area contributed by atoms with Crippen LogP contribution in [0, 0.1) is 0 Å². The average Bonchev–Trinajstić information content (AvgIpc) is 2.38. The highest BCUT2D eigenvalue weighted by atomic mass is 16.4. The zero-order chi connectivity index (χ0) is 13.8. The van der Waals surface area contributed by atoms with Crippen molar-refractivity contribution < 1.29 is 5.21 Å². The lowest BCUT2D eigenvalue weighted by atomic mass is 9.99. The summed E-state index contributed by atoms with van der Waals surface area (Å²) >= 11 is 0. The normalized spacial score (nSPS) is 13.1. The van der Waals surface area contributed by atoms with Gasteiger partial charge in [-0.1, -0.05) is 18.1 Å². The van der Waals surface area contributed by atoms with E-state index in [9.17, 15) is 0 Å². The molecule has 0 aliphatic rings. The van der Waals surface area contributed by atoms with Gasteiger partial charge in [-0.15, -0.1) is 0 Å². The Morgan fingerprint density at radius 3 is 2.78 bits per heavy atom. The number of oxime groups is 1. The molecule has 0 atom stereocenters. The molecule has 1 aromatic rings. The molecule has 0 unspecified atom stereocenters. The molecule has 0 saturated heterocycles. The summed E-state index contributed by atoms with van der Waals surface area (Å²) in [6, 6.07) is 3.80. The summed E-state index contributed by atoms with van der Waals surface area (Å²) in [7, 11) is 2.06. The Labute approximate surface area is 108 Å². The standard InChI is InChI=1S/C13H22N4O/c1-5-13(2,3)17(4)9-10-7-6-8-15-11(10)12(14)16-18/h6-8,18H,5,9H2,1-4H3,(H2,14,16). The molecule has 1 aromatic heterocycles. The van der Waals surface area contributed by atoms with Gasteiger partial charge in [-0.2, -0.15) is 0 Å². The van der Waals surface area contributed by atoms with E-state index in [0.29, 0.717) is 12.2 Å². The number of nitrogens with two attached hydrogens (primary N) is 1. The Balaban J connectivity index is 2.98. The summed E-state index contributed by atoms with van der Waals surface area (Å²) < 4.78 is 0. The lowest BCUT2D eigenvalue weighted by molar-refractivity contribution is 0.143. The van der Waals surface area contributed by atoms with E-state index < -0.39 is 0 Å². The Kier molecular flexibility index (Phi) is 4.67. The van der Waals surface area contributed by atoms with Crippen molar-refractivity contribution in [3.63, 3.8) is 0 Å². The highest BCUT2D eigenvalue weighted by Gasteiger charge is 2.22. The minimum absolute atomic E-state index is 0.0494. The fourth-order valence-electron chi connectivity index (χ4n) is 1.58. The molecule has 0 aliphatic carbocycles. The number of rotatable bonds is 5. The van der Waals surface area contributed by atoms with Gasteiger partial charge in [-0.25, -0.2) is 0 Å². The summed E-state index contributed by atoms with van der Waals surface area (Å²) in [4.78, 5) is 6.40. The number of nitrogens with zero attached hydrogens (tertiary/aromatic N) is 3. The summed E-state index contributed by atoms with van der Waals surface area (Å²) in [6.45, 7) is 7.24. The third-order valence-electron chi connectivity index (χ3n) is 3.55. The number of hydrogen-bond donors (Lipinski definition) is 2. The van der Waals surface area contributed by atoms with Crippen molar-refractivity contribution in [1.29, 1.82) is 0 Å². The Hall–Kier alpha value is -1.62. The first-order valence-corrected chi connectivity index (χ1v) is 6.05. The van der Waals surface area contributed by atoms with Crippen molar-refractivity contribution in [2.24, 2.45) is 10.9 Å².